The van der Waals surface area contributed by atoms with Gasteiger partial charge in [0.2, 0.25) is 0 Å². The first-order chi connectivity index (χ1) is 9.22. The van der Waals surface area contributed by atoms with E-state index in [-0.39, 0.29) is 5.76 Å². The molecule has 1 aromatic carbocycles. The number of aromatic nitrogens is 1. The van der Waals surface area contributed by atoms with E-state index in [0.717, 1.165) is 11.9 Å². The van der Waals surface area contributed by atoms with Crippen molar-refractivity contribution in [2.75, 3.05) is 0 Å². The molecule has 2 aromatic rings. The molecule has 0 spiro atoms. The van der Waals surface area contributed by atoms with Gasteiger partial charge in [0.25, 0.3) is 0 Å². The standard InChI is InChI=1S/C15H16N2O2/c1-17-13-7-2-9(8-14(13)19-15(17)18)11-5-3-10-4-6-12(11)16-10/h2,5,7-8,10,12,16H,3-4,6H2,1H3. The molecular formula is C15H16N2O2. The van der Waals surface area contributed by atoms with Gasteiger partial charge in [-0.25, -0.2) is 4.79 Å². The van der Waals surface area contributed by atoms with Crippen LogP contribution in [0.4, 0.5) is 0 Å². The van der Waals surface area contributed by atoms with E-state index in [1.807, 2.05) is 12.1 Å². The summed E-state index contributed by atoms with van der Waals surface area (Å²) >= 11 is 0. The molecule has 2 aliphatic rings. The second-order valence-electron chi connectivity index (χ2n) is 5.50. The molecule has 1 N–H and O–H groups in total. The van der Waals surface area contributed by atoms with Gasteiger partial charge in [-0.1, -0.05) is 12.1 Å². The van der Waals surface area contributed by atoms with E-state index < -0.39 is 0 Å². The van der Waals surface area contributed by atoms with Crippen LogP contribution in [0.25, 0.3) is 16.7 Å². The fourth-order valence-electron chi connectivity index (χ4n) is 3.29. The average Bonchev–Trinajstić information content (AvgIpc) is 2.92. The normalized spacial score (nSPS) is 25.8. The van der Waals surface area contributed by atoms with Gasteiger partial charge < -0.3 is 9.73 Å². The molecule has 1 fully saturated rings. The minimum Gasteiger partial charge on any atom is -0.408 e. The molecule has 3 heterocycles. The third-order valence-corrected chi connectivity index (χ3v) is 4.36. The predicted molar refractivity (Wildman–Crippen MR) is 74.0 cm³/mol. The molecule has 4 nitrogen and oxygen atoms in total. The van der Waals surface area contributed by atoms with Gasteiger partial charge in [-0.3, -0.25) is 4.57 Å². The topological polar surface area (TPSA) is 47.2 Å². The number of hydrogen-bond acceptors (Lipinski definition) is 3. The molecule has 0 radical (unpaired) electrons. The molecule has 2 unspecified atom stereocenters. The predicted octanol–water partition coefficient (Wildman–Crippen LogP) is 2.04. The quantitative estimate of drug-likeness (QED) is 0.849. The Morgan fingerprint density at radius 3 is 3.16 bits per heavy atom. The number of fused-ring (bicyclic) bond motifs is 3. The van der Waals surface area contributed by atoms with Crippen molar-refractivity contribution in [3.05, 3.63) is 40.4 Å². The number of nitrogens with zero attached hydrogens (tertiary/aromatic N) is 1. The smallest absolute Gasteiger partial charge is 0.408 e. The summed E-state index contributed by atoms with van der Waals surface area (Å²) in [6.45, 7) is 0. The molecule has 0 aliphatic carbocycles. The molecule has 4 heteroatoms. The summed E-state index contributed by atoms with van der Waals surface area (Å²) in [4.78, 5) is 11.5. The Kier molecular flexibility index (Phi) is 2.23. The molecular weight excluding hydrogens is 240 g/mol. The number of oxazole rings is 1. The van der Waals surface area contributed by atoms with Crippen LogP contribution in [0.1, 0.15) is 24.8 Å². The van der Waals surface area contributed by atoms with Crippen LogP contribution in [0.15, 0.2) is 33.5 Å². The first-order valence-corrected chi connectivity index (χ1v) is 6.78. The number of aryl methyl sites for hydroxylation is 1. The maximum atomic E-state index is 11.5. The van der Waals surface area contributed by atoms with Crippen molar-refractivity contribution in [1.29, 1.82) is 0 Å². The van der Waals surface area contributed by atoms with Gasteiger partial charge >= 0.3 is 5.76 Å². The van der Waals surface area contributed by atoms with Crippen LogP contribution >= 0.6 is 0 Å². The van der Waals surface area contributed by atoms with E-state index in [4.69, 9.17) is 4.42 Å². The highest BCUT2D eigenvalue weighted by Crippen LogP contribution is 2.33. The van der Waals surface area contributed by atoms with Crippen molar-refractivity contribution in [2.24, 2.45) is 7.05 Å². The van der Waals surface area contributed by atoms with Crippen molar-refractivity contribution >= 4 is 16.7 Å². The van der Waals surface area contributed by atoms with Gasteiger partial charge in [-0.15, -0.1) is 0 Å². The monoisotopic (exact) mass is 256 g/mol. The zero-order valence-corrected chi connectivity index (χ0v) is 10.8. The largest absolute Gasteiger partial charge is 0.419 e. The Balaban J connectivity index is 1.83. The van der Waals surface area contributed by atoms with Crippen molar-refractivity contribution < 1.29 is 4.42 Å². The Bertz CT molecular complexity index is 738. The average molecular weight is 256 g/mol. The highest BCUT2D eigenvalue weighted by Gasteiger charge is 2.30. The van der Waals surface area contributed by atoms with Crippen LogP contribution in [0.2, 0.25) is 0 Å². The molecule has 19 heavy (non-hydrogen) atoms. The zero-order valence-electron chi connectivity index (χ0n) is 10.8. The minimum absolute atomic E-state index is 0.302. The molecule has 1 saturated heterocycles. The molecule has 0 saturated carbocycles. The number of benzene rings is 1. The van der Waals surface area contributed by atoms with Gasteiger partial charge in [-0.05, 0) is 42.5 Å². The first-order valence-electron chi connectivity index (χ1n) is 6.78. The molecule has 2 bridgehead atoms. The molecule has 1 aromatic heterocycles. The minimum atomic E-state index is -0.302. The number of nitrogens with one attached hydrogen (secondary N) is 1. The Morgan fingerprint density at radius 2 is 2.26 bits per heavy atom. The summed E-state index contributed by atoms with van der Waals surface area (Å²) in [7, 11) is 1.73. The Morgan fingerprint density at radius 1 is 1.37 bits per heavy atom. The first kappa shape index (κ1) is 11.1. The summed E-state index contributed by atoms with van der Waals surface area (Å²) in [5.74, 6) is -0.302. The summed E-state index contributed by atoms with van der Waals surface area (Å²) in [6.07, 6.45) is 5.89. The maximum absolute atomic E-state index is 11.5. The van der Waals surface area contributed by atoms with Crippen LogP contribution in [-0.4, -0.2) is 16.7 Å². The second kappa shape index (κ2) is 3.84. The number of rotatable bonds is 1. The van der Waals surface area contributed by atoms with Crippen LogP contribution in [0.5, 0.6) is 0 Å². The lowest BCUT2D eigenvalue weighted by molar-refractivity contribution is 0.528. The van der Waals surface area contributed by atoms with E-state index in [1.165, 1.54) is 28.5 Å². The fourth-order valence-corrected chi connectivity index (χ4v) is 3.29. The lowest BCUT2D eigenvalue weighted by atomic mass is 9.95. The van der Waals surface area contributed by atoms with E-state index in [0.29, 0.717) is 17.7 Å². The van der Waals surface area contributed by atoms with Crippen molar-refractivity contribution in [3.8, 4) is 0 Å². The van der Waals surface area contributed by atoms with Gasteiger partial charge in [0, 0.05) is 19.1 Å². The lowest BCUT2D eigenvalue weighted by Gasteiger charge is -2.22. The third kappa shape index (κ3) is 1.60. The highest BCUT2D eigenvalue weighted by atomic mass is 16.4. The van der Waals surface area contributed by atoms with Gasteiger partial charge in [0.05, 0.1) is 5.52 Å². The molecule has 98 valence electrons. The Hall–Kier alpha value is -1.81. The fraction of sp³-hybridized carbons (Fsp3) is 0.400. The molecule has 0 amide bonds. The second-order valence-corrected chi connectivity index (χ2v) is 5.50. The highest BCUT2D eigenvalue weighted by molar-refractivity contribution is 5.81. The number of hydrogen-bond donors (Lipinski definition) is 1. The summed E-state index contributed by atoms with van der Waals surface area (Å²) < 4.78 is 6.81. The van der Waals surface area contributed by atoms with Crippen LogP contribution in [0.3, 0.4) is 0 Å². The molecule has 4 rings (SSSR count). The van der Waals surface area contributed by atoms with Crippen molar-refractivity contribution in [1.82, 2.24) is 9.88 Å². The zero-order chi connectivity index (χ0) is 13.0. The van der Waals surface area contributed by atoms with Gasteiger partial charge in [0.15, 0.2) is 5.58 Å². The van der Waals surface area contributed by atoms with Crippen LogP contribution in [0, 0.1) is 0 Å². The third-order valence-electron chi connectivity index (χ3n) is 4.36. The molecule has 2 aliphatic heterocycles. The SMILES string of the molecule is Cn1c(=O)oc2cc(C3=CCC4CCC3N4)ccc21. The van der Waals surface area contributed by atoms with Gasteiger partial charge in [-0.2, -0.15) is 0 Å². The van der Waals surface area contributed by atoms with Crippen LogP contribution < -0.4 is 11.1 Å². The van der Waals surface area contributed by atoms with Gasteiger partial charge in [0.1, 0.15) is 0 Å². The van der Waals surface area contributed by atoms with E-state index in [9.17, 15) is 4.79 Å². The van der Waals surface area contributed by atoms with Crippen molar-refractivity contribution in [2.45, 2.75) is 31.3 Å². The van der Waals surface area contributed by atoms with Crippen LogP contribution in [-0.2, 0) is 7.05 Å². The maximum Gasteiger partial charge on any atom is 0.419 e. The Labute approximate surface area is 110 Å². The summed E-state index contributed by atoms with van der Waals surface area (Å²) in [5.41, 5.74) is 4.04. The lowest BCUT2D eigenvalue weighted by Crippen LogP contribution is -2.33. The van der Waals surface area contributed by atoms with Crippen molar-refractivity contribution in [3.63, 3.8) is 0 Å². The molecule has 2 atom stereocenters. The van der Waals surface area contributed by atoms with E-state index in [1.54, 1.807) is 7.05 Å². The van der Waals surface area contributed by atoms with E-state index in [2.05, 4.69) is 17.5 Å². The summed E-state index contributed by atoms with van der Waals surface area (Å²) in [5, 5.41) is 3.64. The van der Waals surface area contributed by atoms with E-state index >= 15 is 0 Å². The summed E-state index contributed by atoms with van der Waals surface area (Å²) in [6, 6.07) is 7.17.